The second-order valence-electron chi connectivity index (χ2n) is 13.7. The van der Waals surface area contributed by atoms with E-state index in [1.807, 2.05) is 0 Å². The molecular weight excluding hydrogens is 376 g/mol. The molecule has 0 aromatic rings. The molecule has 0 aliphatic heterocycles. The summed E-state index contributed by atoms with van der Waals surface area (Å²) >= 11 is 0. The van der Waals surface area contributed by atoms with Gasteiger partial charge in [-0.2, -0.15) is 0 Å². The van der Waals surface area contributed by atoms with Crippen LogP contribution in [0.1, 0.15) is 119 Å². The highest BCUT2D eigenvalue weighted by Crippen LogP contribution is 2.69. The highest BCUT2D eigenvalue weighted by molar-refractivity contribution is 5.10. The van der Waals surface area contributed by atoms with Gasteiger partial charge in [0.25, 0.3) is 0 Å². The Hall–Kier alpha value is -0.0400. The third-order valence-corrected chi connectivity index (χ3v) is 12.4. The van der Waals surface area contributed by atoms with Crippen molar-refractivity contribution in [3.8, 4) is 0 Å². The van der Waals surface area contributed by atoms with Gasteiger partial charge >= 0.3 is 0 Å². The van der Waals surface area contributed by atoms with Gasteiger partial charge in [0.1, 0.15) is 0 Å². The van der Waals surface area contributed by atoms with Crippen LogP contribution in [-0.2, 0) is 0 Å². The van der Waals surface area contributed by atoms with Crippen LogP contribution < -0.4 is 0 Å². The molecule has 4 saturated carbocycles. The molecule has 0 spiro atoms. The summed E-state index contributed by atoms with van der Waals surface area (Å²) in [6, 6.07) is 0. The SMILES string of the molecule is CC[C@@H](CC[C@@H](C)[C@H]1CCC2C3CCC4[C@H](C)[C@@H](O)CC[C@]4(C)C3CC[C@@]21C)C(C)C. The zero-order valence-corrected chi connectivity index (χ0v) is 22.0. The molecule has 11 atom stereocenters. The van der Waals surface area contributed by atoms with Crippen LogP contribution in [-0.4, -0.2) is 11.2 Å². The summed E-state index contributed by atoms with van der Waals surface area (Å²) < 4.78 is 0. The largest absolute Gasteiger partial charge is 0.393 e. The van der Waals surface area contributed by atoms with Gasteiger partial charge in [-0.05, 0) is 122 Å². The average molecular weight is 431 g/mol. The zero-order chi connectivity index (χ0) is 22.6. The van der Waals surface area contributed by atoms with E-state index in [1.165, 1.54) is 64.2 Å². The number of hydrogen-bond donors (Lipinski definition) is 1. The van der Waals surface area contributed by atoms with Gasteiger partial charge < -0.3 is 5.11 Å². The lowest BCUT2D eigenvalue weighted by molar-refractivity contribution is -0.149. The summed E-state index contributed by atoms with van der Waals surface area (Å²) in [5.74, 6) is 7.77. The van der Waals surface area contributed by atoms with Crippen molar-refractivity contribution in [3.05, 3.63) is 0 Å². The maximum atomic E-state index is 10.6. The average Bonchev–Trinajstić information content (AvgIpc) is 3.08. The fourth-order valence-corrected chi connectivity index (χ4v) is 10.4. The van der Waals surface area contributed by atoms with Crippen molar-refractivity contribution in [1.82, 2.24) is 0 Å². The molecule has 4 rings (SSSR count). The predicted molar refractivity (Wildman–Crippen MR) is 133 cm³/mol. The summed E-state index contributed by atoms with van der Waals surface area (Å²) in [6.45, 7) is 17.6. The first-order chi connectivity index (χ1) is 14.6. The van der Waals surface area contributed by atoms with Crippen molar-refractivity contribution < 1.29 is 5.11 Å². The molecule has 31 heavy (non-hydrogen) atoms. The smallest absolute Gasteiger partial charge is 0.0568 e. The van der Waals surface area contributed by atoms with E-state index in [2.05, 4.69) is 48.5 Å². The second-order valence-corrected chi connectivity index (χ2v) is 13.7. The number of aliphatic hydroxyl groups excluding tert-OH is 1. The Morgan fingerprint density at radius 3 is 2.13 bits per heavy atom. The Kier molecular flexibility index (Phi) is 6.96. The van der Waals surface area contributed by atoms with Gasteiger partial charge in [0.2, 0.25) is 0 Å². The van der Waals surface area contributed by atoms with Crippen LogP contribution in [0.5, 0.6) is 0 Å². The molecule has 4 fully saturated rings. The van der Waals surface area contributed by atoms with Gasteiger partial charge in [0.15, 0.2) is 0 Å². The topological polar surface area (TPSA) is 20.2 Å². The lowest BCUT2D eigenvalue weighted by Gasteiger charge is -2.62. The van der Waals surface area contributed by atoms with E-state index < -0.39 is 0 Å². The van der Waals surface area contributed by atoms with Gasteiger partial charge in [-0.1, -0.05) is 61.3 Å². The molecule has 0 saturated heterocycles. The highest BCUT2D eigenvalue weighted by atomic mass is 16.3. The Balaban J connectivity index is 1.46. The number of aliphatic hydroxyl groups is 1. The number of hydrogen-bond acceptors (Lipinski definition) is 1. The molecule has 180 valence electrons. The molecule has 0 aromatic heterocycles. The summed E-state index contributed by atoms with van der Waals surface area (Å²) in [7, 11) is 0. The Morgan fingerprint density at radius 1 is 0.806 bits per heavy atom. The molecule has 0 amide bonds. The molecule has 0 bridgehead atoms. The minimum Gasteiger partial charge on any atom is -0.393 e. The molecule has 4 aliphatic rings. The predicted octanol–water partition coefficient (Wildman–Crippen LogP) is 8.35. The van der Waals surface area contributed by atoms with Gasteiger partial charge in [-0.3, -0.25) is 0 Å². The molecule has 1 N–H and O–H groups in total. The van der Waals surface area contributed by atoms with E-state index in [0.717, 1.165) is 53.8 Å². The Morgan fingerprint density at radius 2 is 1.45 bits per heavy atom. The first-order valence-electron chi connectivity index (χ1n) is 14.3. The van der Waals surface area contributed by atoms with Crippen LogP contribution >= 0.6 is 0 Å². The summed E-state index contributed by atoms with van der Waals surface area (Å²) in [5, 5.41) is 10.6. The molecule has 1 nitrogen and oxygen atoms in total. The van der Waals surface area contributed by atoms with E-state index in [0.29, 0.717) is 16.7 Å². The highest BCUT2D eigenvalue weighted by Gasteiger charge is 2.61. The van der Waals surface area contributed by atoms with E-state index in [9.17, 15) is 5.11 Å². The van der Waals surface area contributed by atoms with Crippen LogP contribution in [0.3, 0.4) is 0 Å². The first kappa shape index (κ1) is 24.1. The van der Waals surface area contributed by atoms with Gasteiger partial charge in [-0.15, -0.1) is 0 Å². The summed E-state index contributed by atoms with van der Waals surface area (Å²) in [6.07, 6.45) is 15.3. The zero-order valence-electron chi connectivity index (χ0n) is 22.0. The molecule has 0 heterocycles. The molecule has 1 heteroatoms. The van der Waals surface area contributed by atoms with Crippen LogP contribution in [0.2, 0.25) is 0 Å². The maximum absolute atomic E-state index is 10.6. The molecule has 4 aliphatic carbocycles. The number of rotatable bonds is 6. The third-order valence-electron chi connectivity index (χ3n) is 12.4. The second kappa shape index (κ2) is 8.96. The molecule has 4 unspecified atom stereocenters. The van der Waals surface area contributed by atoms with Gasteiger partial charge in [0, 0.05) is 0 Å². The lowest BCUT2D eigenvalue weighted by Crippen LogP contribution is -2.56. The van der Waals surface area contributed by atoms with Crippen molar-refractivity contribution >= 4 is 0 Å². The quantitative estimate of drug-likeness (QED) is 0.449. The fraction of sp³-hybridized carbons (Fsp3) is 1.00. The summed E-state index contributed by atoms with van der Waals surface area (Å²) in [5.41, 5.74) is 1.10. The van der Waals surface area contributed by atoms with Crippen molar-refractivity contribution in [2.24, 2.45) is 64.1 Å². The van der Waals surface area contributed by atoms with Crippen molar-refractivity contribution in [2.45, 2.75) is 125 Å². The van der Waals surface area contributed by atoms with Crippen molar-refractivity contribution in [3.63, 3.8) is 0 Å². The van der Waals surface area contributed by atoms with E-state index in [4.69, 9.17) is 0 Å². The van der Waals surface area contributed by atoms with E-state index >= 15 is 0 Å². The van der Waals surface area contributed by atoms with Crippen LogP contribution in [0.15, 0.2) is 0 Å². The van der Waals surface area contributed by atoms with Gasteiger partial charge in [-0.25, -0.2) is 0 Å². The van der Waals surface area contributed by atoms with Gasteiger partial charge in [0.05, 0.1) is 6.10 Å². The van der Waals surface area contributed by atoms with Crippen LogP contribution in [0.4, 0.5) is 0 Å². The van der Waals surface area contributed by atoms with Crippen LogP contribution in [0, 0.1) is 64.1 Å². The minimum atomic E-state index is -0.0435. The van der Waals surface area contributed by atoms with Crippen LogP contribution in [0.25, 0.3) is 0 Å². The van der Waals surface area contributed by atoms with Crippen molar-refractivity contribution in [2.75, 3.05) is 0 Å². The number of fused-ring (bicyclic) bond motifs is 5. The molecule has 0 aromatic carbocycles. The monoisotopic (exact) mass is 430 g/mol. The Labute approximate surface area is 194 Å². The normalized spacial score (nSPS) is 49.3. The fourth-order valence-electron chi connectivity index (χ4n) is 10.4. The molecule has 0 radical (unpaired) electrons. The third kappa shape index (κ3) is 3.95. The van der Waals surface area contributed by atoms with E-state index in [1.54, 1.807) is 0 Å². The lowest BCUT2D eigenvalue weighted by atomic mass is 9.43. The maximum Gasteiger partial charge on any atom is 0.0568 e. The summed E-state index contributed by atoms with van der Waals surface area (Å²) in [4.78, 5) is 0. The Bertz CT molecular complexity index is 612. The minimum absolute atomic E-state index is 0.0435. The first-order valence-corrected chi connectivity index (χ1v) is 14.3. The standard InChI is InChI=1S/C30H54O/c1-8-22(19(2)3)10-9-20(4)24-13-14-26-23-11-12-25-21(5)28(31)16-18-30(25,7)27(23)15-17-29(24,26)6/h19-28,31H,8-18H2,1-7H3/t20-,21+,22+,23?,24-,25?,26?,27?,28+,29-,30+/m1/s1. The van der Waals surface area contributed by atoms with E-state index in [-0.39, 0.29) is 6.10 Å². The van der Waals surface area contributed by atoms with Crippen molar-refractivity contribution in [1.29, 1.82) is 0 Å². The molecular formula is C30H54O.